The van der Waals surface area contributed by atoms with Crippen LogP contribution in [0.5, 0.6) is 0 Å². The number of carbonyl (C=O) groups is 1. The first kappa shape index (κ1) is 22.9. The number of aryl methyl sites for hydroxylation is 2. The third-order valence-corrected chi connectivity index (χ3v) is 7.78. The van der Waals surface area contributed by atoms with Crippen LogP contribution in [0.2, 0.25) is 0 Å². The summed E-state index contributed by atoms with van der Waals surface area (Å²) < 4.78 is 43.4. The molecule has 1 heterocycles. The van der Waals surface area contributed by atoms with Gasteiger partial charge in [0.05, 0.1) is 22.6 Å². The minimum absolute atomic E-state index is 0.0539. The maximum Gasteiger partial charge on any atom is 0.333 e. The number of rotatable bonds is 5. The lowest BCUT2D eigenvalue weighted by Gasteiger charge is -2.40. The van der Waals surface area contributed by atoms with E-state index in [0.29, 0.717) is 0 Å². The number of hydrogen-bond acceptors (Lipinski definition) is 3. The highest BCUT2D eigenvalue weighted by Crippen LogP contribution is 2.45. The lowest BCUT2D eigenvalue weighted by molar-refractivity contribution is -0.133. The average molecular weight is 466 g/mol. The van der Waals surface area contributed by atoms with Crippen molar-refractivity contribution in [3.05, 3.63) is 113 Å². The van der Waals surface area contributed by atoms with Crippen LogP contribution in [-0.4, -0.2) is 23.8 Å². The topological polar surface area (TPSA) is 74.7 Å². The van der Waals surface area contributed by atoms with E-state index in [-0.39, 0.29) is 22.5 Å². The molecular weight excluding hydrogens is 441 g/mol. The van der Waals surface area contributed by atoms with E-state index in [9.17, 15) is 22.7 Å². The van der Waals surface area contributed by atoms with Gasteiger partial charge in [-0.2, -0.15) is 4.31 Å². The molecule has 0 fully saturated rings. The van der Waals surface area contributed by atoms with Crippen molar-refractivity contribution < 1.29 is 22.7 Å². The fourth-order valence-electron chi connectivity index (χ4n) is 4.19. The Morgan fingerprint density at radius 1 is 0.939 bits per heavy atom. The zero-order chi connectivity index (χ0) is 23.8. The summed E-state index contributed by atoms with van der Waals surface area (Å²) >= 11 is 0. The van der Waals surface area contributed by atoms with E-state index in [2.05, 4.69) is 0 Å². The summed E-state index contributed by atoms with van der Waals surface area (Å²) in [5.41, 5.74) is 2.82. The SMILES string of the molecule is Cc1ccc([C@@H]2CC=C(C(=O)O)[C@H](c3cccc(F)c3)N2S(=O)(=O)c2ccc(C)cc2)cc1. The summed E-state index contributed by atoms with van der Waals surface area (Å²) in [6.45, 7) is 3.79. The largest absolute Gasteiger partial charge is 0.478 e. The van der Waals surface area contributed by atoms with Crippen LogP contribution >= 0.6 is 0 Å². The van der Waals surface area contributed by atoms with Crippen LogP contribution in [0.25, 0.3) is 0 Å². The molecule has 33 heavy (non-hydrogen) atoms. The number of hydrogen-bond donors (Lipinski definition) is 1. The Labute approximate surface area is 192 Å². The Hall–Kier alpha value is -3.29. The third-order valence-electron chi connectivity index (χ3n) is 5.89. The molecular formula is C26H24FNO4S. The molecule has 0 aliphatic carbocycles. The van der Waals surface area contributed by atoms with Crippen molar-refractivity contribution in [1.82, 2.24) is 4.31 Å². The van der Waals surface area contributed by atoms with Gasteiger partial charge in [0.1, 0.15) is 5.82 Å². The Bertz CT molecular complexity index is 1320. The van der Waals surface area contributed by atoms with Crippen LogP contribution in [0.1, 0.15) is 40.8 Å². The average Bonchev–Trinajstić information content (AvgIpc) is 2.79. The van der Waals surface area contributed by atoms with Crippen molar-refractivity contribution >= 4 is 16.0 Å². The van der Waals surface area contributed by atoms with E-state index < -0.39 is 33.9 Å². The van der Waals surface area contributed by atoms with Gasteiger partial charge in [0, 0.05) is 0 Å². The second kappa shape index (κ2) is 8.92. The molecule has 0 unspecified atom stereocenters. The number of sulfonamides is 1. The lowest BCUT2D eigenvalue weighted by Crippen LogP contribution is -2.42. The molecule has 170 valence electrons. The van der Waals surface area contributed by atoms with Gasteiger partial charge in [0.15, 0.2) is 0 Å². The highest BCUT2D eigenvalue weighted by Gasteiger charge is 2.44. The molecule has 5 nitrogen and oxygen atoms in total. The molecule has 0 bridgehead atoms. The monoisotopic (exact) mass is 465 g/mol. The second-order valence-electron chi connectivity index (χ2n) is 8.23. The number of carboxylic acids is 1. The van der Waals surface area contributed by atoms with E-state index in [1.807, 2.05) is 38.1 Å². The van der Waals surface area contributed by atoms with Crippen molar-refractivity contribution in [1.29, 1.82) is 0 Å². The van der Waals surface area contributed by atoms with Crippen LogP contribution in [0.4, 0.5) is 4.39 Å². The normalized spacial score (nSPS) is 19.2. The summed E-state index contributed by atoms with van der Waals surface area (Å²) in [5, 5.41) is 9.94. The Kier molecular flexibility index (Phi) is 6.19. The first-order valence-electron chi connectivity index (χ1n) is 10.5. The zero-order valence-corrected chi connectivity index (χ0v) is 19.1. The third kappa shape index (κ3) is 4.47. The van der Waals surface area contributed by atoms with Crippen molar-refractivity contribution in [2.45, 2.75) is 37.2 Å². The number of benzene rings is 3. The molecule has 1 aliphatic heterocycles. The van der Waals surface area contributed by atoms with Crippen molar-refractivity contribution in [2.75, 3.05) is 0 Å². The predicted octanol–water partition coefficient (Wildman–Crippen LogP) is 5.33. The number of halogens is 1. The van der Waals surface area contributed by atoms with Gasteiger partial charge in [-0.15, -0.1) is 0 Å². The highest BCUT2D eigenvalue weighted by molar-refractivity contribution is 7.89. The molecule has 4 rings (SSSR count). The molecule has 0 saturated carbocycles. The first-order chi connectivity index (χ1) is 15.7. The molecule has 0 saturated heterocycles. The zero-order valence-electron chi connectivity index (χ0n) is 18.3. The highest BCUT2D eigenvalue weighted by atomic mass is 32.2. The summed E-state index contributed by atoms with van der Waals surface area (Å²) in [7, 11) is -4.16. The van der Waals surface area contributed by atoms with Crippen LogP contribution < -0.4 is 0 Å². The summed E-state index contributed by atoms with van der Waals surface area (Å²) in [6.07, 6.45) is 1.73. The minimum Gasteiger partial charge on any atom is -0.478 e. The number of nitrogens with zero attached hydrogens (tertiary/aromatic N) is 1. The number of carboxylic acid groups (broad SMARTS) is 1. The molecule has 7 heteroatoms. The van der Waals surface area contributed by atoms with Gasteiger partial charge in [-0.25, -0.2) is 17.6 Å². The van der Waals surface area contributed by atoms with Crippen LogP contribution in [-0.2, 0) is 14.8 Å². The first-order valence-corrected chi connectivity index (χ1v) is 12.0. The van der Waals surface area contributed by atoms with E-state index in [1.54, 1.807) is 24.3 Å². The summed E-state index contributed by atoms with van der Waals surface area (Å²) in [5.74, 6) is -1.81. The van der Waals surface area contributed by atoms with Crippen LogP contribution in [0.15, 0.2) is 89.3 Å². The van der Waals surface area contributed by atoms with Crippen LogP contribution in [0, 0.1) is 19.7 Å². The molecule has 3 aromatic rings. The van der Waals surface area contributed by atoms with Gasteiger partial charge in [0.2, 0.25) is 10.0 Å². The lowest BCUT2D eigenvalue weighted by atomic mass is 9.89. The van der Waals surface area contributed by atoms with Gasteiger partial charge < -0.3 is 5.11 Å². The quantitative estimate of drug-likeness (QED) is 0.553. The molecule has 3 aromatic carbocycles. The molecule has 0 radical (unpaired) electrons. The van der Waals surface area contributed by atoms with E-state index in [4.69, 9.17) is 0 Å². The molecule has 0 amide bonds. The van der Waals surface area contributed by atoms with E-state index >= 15 is 0 Å². The van der Waals surface area contributed by atoms with Crippen molar-refractivity contribution in [3.8, 4) is 0 Å². The number of aliphatic carboxylic acids is 1. The maximum absolute atomic E-state index is 14.2. The van der Waals surface area contributed by atoms with Crippen molar-refractivity contribution in [3.63, 3.8) is 0 Å². The standard InChI is InChI=1S/C26H24FNO4S/c1-17-6-10-19(11-7-17)24-15-14-23(26(29)30)25(20-4-3-5-21(27)16-20)28(24)33(31,32)22-12-8-18(2)9-13-22/h3-14,16,24-25H,15H2,1-2H3,(H,29,30)/t24-,25-/m0/s1. The van der Waals surface area contributed by atoms with E-state index in [0.717, 1.165) is 16.7 Å². The summed E-state index contributed by atoms with van der Waals surface area (Å²) in [6, 6.07) is 17.5. The Balaban J connectivity index is 1.97. The fourth-order valence-corrected chi connectivity index (χ4v) is 5.97. The molecule has 1 aliphatic rings. The van der Waals surface area contributed by atoms with Gasteiger partial charge >= 0.3 is 5.97 Å². The van der Waals surface area contributed by atoms with E-state index in [1.165, 1.54) is 34.6 Å². The molecule has 2 atom stereocenters. The van der Waals surface area contributed by atoms with Gasteiger partial charge in [-0.05, 0) is 55.7 Å². The molecule has 0 aromatic heterocycles. The predicted molar refractivity (Wildman–Crippen MR) is 124 cm³/mol. The Morgan fingerprint density at radius 3 is 2.12 bits per heavy atom. The molecule has 0 spiro atoms. The minimum atomic E-state index is -4.16. The maximum atomic E-state index is 14.2. The van der Waals surface area contributed by atoms with Gasteiger partial charge in [-0.1, -0.05) is 65.7 Å². The van der Waals surface area contributed by atoms with Gasteiger partial charge in [-0.3, -0.25) is 0 Å². The smallest absolute Gasteiger partial charge is 0.333 e. The molecule has 1 N–H and O–H groups in total. The van der Waals surface area contributed by atoms with Crippen LogP contribution in [0.3, 0.4) is 0 Å². The Morgan fingerprint density at radius 2 is 1.55 bits per heavy atom. The second-order valence-corrected chi connectivity index (χ2v) is 10.1. The summed E-state index contributed by atoms with van der Waals surface area (Å²) in [4.78, 5) is 12.2. The van der Waals surface area contributed by atoms with Gasteiger partial charge in [0.25, 0.3) is 0 Å². The van der Waals surface area contributed by atoms with Crippen molar-refractivity contribution in [2.24, 2.45) is 0 Å². The fraction of sp³-hybridized carbons (Fsp3) is 0.192.